The van der Waals surface area contributed by atoms with Crippen LogP contribution in [0.2, 0.25) is 0 Å². The highest BCUT2D eigenvalue weighted by atomic mass is 16.2. The number of allylic oxidation sites excluding steroid dienone is 4. The molecule has 0 atom stereocenters. The molecule has 0 aromatic rings. The maximum atomic E-state index is 8.48. The van der Waals surface area contributed by atoms with Crippen LogP contribution in [0.3, 0.4) is 0 Å². The molecule has 10 heavy (non-hydrogen) atoms. The first-order valence-electron chi connectivity index (χ1n) is 3.39. The van der Waals surface area contributed by atoms with Crippen LogP contribution in [0.5, 0.6) is 0 Å². The third kappa shape index (κ3) is 5.32. The van der Waals surface area contributed by atoms with E-state index in [1.54, 1.807) is 0 Å². The Bertz CT molecular complexity index is 143. The van der Waals surface area contributed by atoms with E-state index in [1.807, 2.05) is 31.2 Å². The van der Waals surface area contributed by atoms with Crippen molar-refractivity contribution in [2.75, 3.05) is 6.61 Å². The van der Waals surface area contributed by atoms with Crippen molar-refractivity contribution in [3.63, 3.8) is 0 Å². The van der Waals surface area contributed by atoms with Crippen LogP contribution in [0.25, 0.3) is 0 Å². The zero-order chi connectivity index (χ0) is 7.82. The highest BCUT2D eigenvalue weighted by Crippen LogP contribution is 1.97. The fourth-order valence-electron chi connectivity index (χ4n) is 0.530. The lowest BCUT2D eigenvalue weighted by atomic mass is 10.2. The van der Waals surface area contributed by atoms with Crippen LogP contribution in [0.1, 0.15) is 13.3 Å². The number of rotatable bonds is 4. The fourth-order valence-corrected chi connectivity index (χ4v) is 0.530. The Hall–Kier alpha value is -0.820. The molecule has 0 radical (unpaired) electrons. The van der Waals surface area contributed by atoms with Gasteiger partial charge in [-0.05, 0) is 13.3 Å². The molecule has 0 fully saturated rings. The molecule has 0 bridgehead atoms. The smallest absolute Gasteiger partial charge is 0.0471 e. The monoisotopic (exact) mass is 138 g/mol. The molecule has 0 saturated heterocycles. The van der Waals surface area contributed by atoms with Gasteiger partial charge in [-0.2, -0.15) is 0 Å². The van der Waals surface area contributed by atoms with Crippen molar-refractivity contribution in [1.29, 1.82) is 0 Å². The molecule has 0 aromatic heterocycles. The quantitative estimate of drug-likeness (QED) is 0.589. The first-order chi connectivity index (χ1) is 4.81. The van der Waals surface area contributed by atoms with Gasteiger partial charge in [-0.25, -0.2) is 0 Å². The Morgan fingerprint density at radius 2 is 2.20 bits per heavy atom. The summed E-state index contributed by atoms with van der Waals surface area (Å²) in [6, 6.07) is 0. The average Bonchev–Trinajstić information content (AvgIpc) is 1.89. The Kier molecular flexibility index (Phi) is 5.79. The van der Waals surface area contributed by atoms with Gasteiger partial charge in [0.25, 0.3) is 0 Å². The van der Waals surface area contributed by atoms with Gasteiger partial charge in [-0.15, -0.1) is 0 Å². The van der Waals surface area contributed by atoms with Crippen LogP contribution in [-0.4, -0.2) is 11.7 Å². The van der Waals surface area contributed by atoms with E-state index in [2.05, 4.69) is 6.58 Å². The first kappa shape index (κ1) is 9.18. The molecule has 0 aliphatic carbocycles. The van der Waals surface area contributed by atoms with E-state index in [4.69, 9.17) is 5.11 Å². The molecule has 0 amide bonds. The summed E-state index contributed by atoms with van der Waals surface area (Å²) in [5.74, 6) is 0. The second kappa shape index (κ2) is 6.30. The van der Waals surface area contributed by atoms with Gasteiger partial charge in [-0.3, -0.25) is 0 Å². The molecule has 0 spiro atoms. The fraction of sp³-hybridized carbons (Fsp3) is 0.333. The molecular weight excluding hydrogens is 124 g/mol. The highest BCUT2D eigenvalue weighted by molar-refractivity contribution is 5.18. The molecule has 1 heteroatoms. The van der Waals surface area contributed by atoms with Crippen LogP contribution >= 0.6 is 0 Å². The van der Waals surface area contributed by atoms with Gasteiger partial charge in [0.05, 0.1) is 0 Å². The largest absolute Gasteiger partial charge is 0.396 e. The summed E-state index contributed by atoms with van der Waals surface area (Å²) >= 11 is 0. The van der Waals surface area contributed by atoms with E-state index in [-0.39, 0.29) is 6.61 Å². The Labute approximate surface area is 62.4 Å². The maximum absolute atomic E-state index is 8.48. The van der Waals surface area contributed by atoms with E-state index in [0.717, 1.165) is 5.57 Å². The number of hydrogen-bond acceptors (Lipinski definition) is 1. The normalized spacial score (nSPS) is 11.4. The third-order valence-corrected chi connectivity index (χ3v) is 1.07. The lowest BCUT2D eigenvalue weighted by Gasteiger charge is -1.91. The molecule has 0 rings (SSSR count). The third-order valence-electron chi connectivity index (χ3n) is 1.07. The molecular formula is C9H14O. The molecule has 1 nitrogen and oxygen atoms in total. The predicted octanol–water partition coefficient (Wildman–Crippen LogP) is 2.06. The second-order valence-corrected chi connectivity index (χ2v) is 2.02. The van der Waals surface area contributed by atoms with Crippen molar-refractivity contribution in [3.05, 3.63) is 36.5 Å². The van der Waals surface area contributed by atoms with E-state index in [0.29, 0.717) is 6.42 Å². The molecule has 0 heterocycles. The Morgan fingerprint density at radius 3 is 2.70 bits per heavy atom. The summed E-state index contributed by atoms with van der Waals surface area (Å²) < 4.78 is 0. The zero-order valence-corrected chi connectivity index (χ0v) is 6.38. The van der Waals surface area contributed by atoms with Crippen molar-refractivity contribution < 1.29 is 5.11 Å². The van der Waals surface area contributed by atoms with Crippen molar-refractivity contribution in [1.82, 2.24) is 0 Å². The number of hydrogen-bond donors (Lipinski definition) is 1. The number of aliphatic hydroxyl groups excluding tert-OH is 1. The Balaban J connectivity index is 3.56. The maximum Gasteiger partial charge on any atom is 0.0471 e. The van der Waals surface area contributed by atoms with Crippen molar-refractivity contribution >= 4 is 0 Å². The van der Waals surface area contributed by atoms with Crippen molar-refractivity contribution in [2.24, 2.45) is 0 Å². The lowest BCUT2D eigenvalue weighted by Crippen LogP contribution is -1.81. The van der Waals surface area contributed by atoms with Gasteiger partial charge in [-0.1, -0.05) is 36.5 Å². The zero-order valence-electron chi connectivity index (χ0n) is 6.38. The summed E-state index contributed by atoms with van der Waals surface area (Å²) in [7, 11) is 0. The van der Waals surface area contributed by atoms with Crippen molar-refractivity contribution in [2.45, 2.75) is 13.3 Å². The van der Waals surface area contributed by atoms with E-state index < -0.39 is 0 Å². The minimum atomic E-state index is 0.180. The standard InChI is InChI=1S/C9H14O/c1-3-4-5-6-9(2)7-8-10/h3-6,10H,2,7-8H2,1H3/b4-3-,6-5-. The van der Waals surface area contributed by atoms with Crippen molar-refractivity contribution in [3.8, 4) is 0 Å². The molecule has 0 aliphatic rings. The van der Waals surface area contributed by atoms with Crippen LogP contribution in [0, 0.1) is 0 Å². The van der Waals surface area contributed by atoms with Crippen LogP contribution < -0.4 is 0 Å². The SMILES string of the molecule is C=C(/C=C\C=C/C)CCO. The van der Waals surface area contributed by atoms with Gasteiger partial charge in [0, 0.05) is 6.61 Å². The summed E-state index contributed by atoms with van der Waals surface area (Å²) in [4.78, 5) is 0. The second-order valence-electron chi connectivity index (χ2n) is 2.02. The summed E-state index contributed by atoms with van der Waals surface area (Å²) in [6.45, 7) is 5.87. The van der Waals surface area contributed by atoms with E-state index in [9.17, 15) is 0 Å². The topological polar surface area (TPSA) is 20.2 Å². The number of aliphatic hydroxyl groups is 1. The molecule has 0 unspecified atom stereocenters. The molecule has 0 aromatic carbocycles. The summed E-state index contributed by atoms with van der Waals surface area (Å²) in [6.07, 6.45) is 8.35. The van der Waals surface area contributed by atoms with E-state index >= 15 is 0 Å². The van der Waals surface area contributed by atoms with Gasteiger partial charge in [0.1, 0.15) is 0 Å². The van der Waals surface area contributed by atoms with Crippen LogP contribution in [-0.2, 0) is 0 Å². The minimum absolute atomic E-state index is 0.180. The minimum Gasteiger partial charge on any atom is -0.396 e. The van der Waals surface area contributed by atoms with Crippen LogP contribution in [0.15, 0.2) is 36.5 Å². The summed E-state index contributed by atoms with van der Waals surface area (Å²) in [5, 5.41) is 8.48. The molecule has 0 saturated carbocycles. The molecule has 1 N–H and O–H groups in total. The Morgan fingerprint density at radius 1 is 1.50 bits per heavy atom. The van der Waals surface area contributed by atoms with Gasteiger partial charge in [0.2, 0.25) is 0 Å². The van der Waals surface area contributed by atoms with E-state index in [1.165, 1.54) is 0 Å². The van der Waals surface area contributed by atoms with Gasteiger partial charge < -0.3 is 5.11 Å². The molecule has 56 valence electrons. The average molecular weight is 138 g/mol. The van der Waals surface area contributed by atoms with Gasteiger partial charge in [0.15, 0.2) is 0 Å². The van der Waals surface area contributed by atoms with Crippen LogP contribution in [0.4, 0.5) is 0 Å². The first-order valence-corrected chi connectivity index (χ1v) is 3.39. The lowest BCUT2D eigenvalue weighted by molar-refractivity contribution is 0.300. The predicted molar refractivity (Wildman–Crippen MR) is 44.8 cm³/mol. The van der Waals surface area contributed by atoms with Gasteiger partial charge >= 0.3 is 0 Å². The summed E-state index contributed by atoms with van der Waals surface area (Å²) in [5.41, 5.74) is 0.959. The molecule has 0 aliphatic heterocycles. The highest BCUT2D eigenvalue weighted by Gasteiger charge is 1.83.